The van der Waals surface area contributed by atoms with Crippen molar-refractivity contribution in [1.29, 1.82) is 0 Å². The van der Waals surface area contributed by atoms with Gasteiger partial charge in [0.25, 0.3) is 0 Å². The summed E-state index contributed by atoms with van der Waals surface area (Å²) in [5.41, 5.74) is 2.78. The molecule has 3 heterocycles. The van der Waals surface area contributed by atoms with Gasteiger partial charge in [-0.1, -0.05) is 35.9 Å². The molecule has 1 fully saturated rings. The largest absolute Gasteiger partial charge is 0.354 e. The van der Waals surface area contributed by atoms with E-state index in [0.29, 0.717) is 10.8 Å². The molecular weight excluding hydrogens is 410 g/mol. The minimum atomic E-state index is 0.604. The first-order chi connectivity index (χ1) is 15.1. The third-order valence-electron chi connectivity index (χ3n) is 5.74. The second-order valence-electron chi connectivity index (χ2n) is 7.86. The van der Waals surface area contributed by atoms with E-state index in [9.17, 15) is 0 Å². The molecule has 7 nitrogen and oxygen atoms in total. The maximum atomic E-state index is 6.49. The Balaban J connectivity index is 1.61. The first-order valence-corrected chi connectivity index (χ1v) is 10.7. The Morgan fingerprint density at radius 3 is 2.48 bits per heavy atom. The van der Waals surface area contributed by atoms with Crippen molar-refractivity contribution in [2.45, 2.75) is 6.92 Å². The van der Waals surface area contributed by atoms with Gasteiger partial charge in [0.05, 0.1) is 10.5 Å². The van der Waals surface area contributed by atoms with Crippen LogP contribution in [0.3, 0.4) is 0 Å². The van der Waals surface area contributed by atoms with Gasteiger partial charge in [-0.15, -0.1) is 0 Å². The molecule has 1 aliphatic rings. The summed E-state index contributed by atoms with van der Waals surface area (Å²) in [6.07, 6.45) is 0. The molecule has 0 saturated carbocycles. The van der Waals surface area contributed by atoms with E-state index in [1.165, 1.54) is 0 Å². The number of aromatic amines is 1. The molecule has 4 aromatic rings. The molecule has 2 N–H and O–H groups in total. The highest BCUT2D eigenvalue weighted by molar-refractivity contribution is 6.33. The SMILES string of the molecule is Cc1c(Nc2n[nH]c3ccccc23)nc(-c2ccccc2Cl)nc1N1CCN(C)CC1. The third kappa shape index (κ3) is 3.82. The van der Waals surface area contributed by atoms with Crippen molar-refractivity contribution in [3.63, 3.8) is 0 Å². The summed E-state index contributed by atoms with van der Waals surface area (Å²) in [6.45, 7) is 5.89. The molecule has 2 aromatic carbocycles. The lowest BCUT2D eigenvalue weighted by atomic mass is 10.2. The number of nitrogens with zero attached hydrogens (tertiary/aromatic N) is 5. The molecule has 0 amide bonds. The van der Waals surface area contributed by atoms with Crippen LogP contribution in [0.5, 0.6) is 0 Å². The Kier molecular flexibility index (Phi) is 5.21. The van der Waals surface area contributed by atoms with Crippen molar-refractivity contribution in [2.24, 2.45) is 0 Å². The molecule has 0 spiro atoms. The van der Waals surface area contributed by atoms with Crippen molar-refractivity contribution in [2.75, 3.05) is 43.4 Å². The van der Waals surface area contributed by atoms with Gasteiger partial charge in [-0.05, 0) is 38.2 Å². The number of hydrogen-bond donors (Lipinski definition) is 2. The van der Waals surface area contributed by atoms with Crippen LogP contribution in [0.15, 0.2) is 48.5 Å². The van der Waals surface area contributed by atoms with E-state index < -0.39 is 0 Å². The van der Waals surface area contributed by atoms with Gasteiger partial charge in [-0.2, -0.15) is 5.10 Å². The number of benzene rings is 2. The summed E-state index contributed by atoms with van der Waals surface area (Å²) in [5.74, 6) is 3.01. The van der Waals surface area contributed by atoms with Crippen molar-refractivity contribution >= 4 is 40.0 Å². The predicted octanol–water partition coefficient (Wildman–Crippen LogP) is 4.48. The lowest BCUT2D eigenvalue weighted by Gasteiger charge is -2.34. The fourth-order valence-electron chi connectivity index (χ4n) is 3.89. The number of nitrogens with one attached hydrogen (secondary N) is 2. The van der Waals surface area contributed by atoms with E-state index in [0.717, 1.165) is 65.7 Å². The molecular formula is C23H24ClN7. The van der Waals surface area contributed by atoms with Crippen LogP contribution in [0.2, 0.25) is 5.02 Å². The average Bonchev–Trinajstić information content (AvgIpc) is 3.19. The number of piperazine rings is 1. The van der Waals surface area contributed by atoms with Crippen LogP contribution in [0.4, 0.5) is 17.5 Å². The van der Waals surface area contributed by atoms with E-state index in [-0.39, 0.29) is 0 Å². The predicted molar refractivity (Wildman–Crippen MR) is 126 cm³/mol. The topological polar surface area (TPSA) is 73.0 Å². The summed E-state index contributed by atoms with van der Waals surface area (Å²) in [5, 5.41) is 12.6. The number of likely N-dealkylation sites (N-methyl/N-ethyl adjacent to an activating group) is 1. The molecule has 5 rings (SSSR count). The zero-order chi connectivity index (χ0) is 21.4. The van der Waals surface area contributed by atoms with Crippen LogP contribution in [0.25, 0.3) is 22.3 Å². The quantitative estimate of drug-likeness (QED) is 0.494. The number of fused-ring (bicyclic) bond motifs is 1. The van der Waals surface area contributed by atoms with Crippen LogP contribution in [-0.2, 0) is 0 Å². The zero-order valence-corrected chi connectivity index (χ0v) is 18.3. The number of para-hydroxylation sites is 1. The second-order valence-corrected chi connectivity index (χ2v) is 8.26. The van der Waals surface area contributed by atoms with E-state index in [1.54, 1.807) is 0 Å². The van der Waals surface area contributed by atoms with Crippen molar-refractivity contribution in [1.82, 2.24) is 25.1 Å². The molecule has 0 unspecified atom stereocenters. The van der Waals surface area contributed by atoms with Crippen molar-refractivity contribution in [3.8, 4) is 11.4 Å². The summed E-state index contributed by atoms with van der Waals surface area (Å²) in [6, 6.07) is 15.7. The Labute approximate surface area is 186 Å². The van der Waals surface area contributed by atoms with E-state index >= 15 is 0 Å². The summed E-state index contributed by atoms with van der Waals surface area (Å²) >= 11 is 6.49. The van der Waals surface area contributed by atoms with Crippen LogP contribution < -0.4 is 10.2 Å². The number of aromatic nitrogens is 4. The molecule has 8 heteroatoms. The van der Waals surface area contributed by atoms with Gasteiger partial charge < -0.3 is 15.1 Å². The molecule has 2 aromatic heterocycles. The normalized spacial score (nSPS) is 14.9. The minimum absolute atomic E-state index is 0.604. The van der Waals surface area contributed by atoms with E-state index in [2.05, 4.69) is 39.3 Å². The van der Waals surface area contributed by atoms with E-state index in [1.807, 2.05) is 48.5 Å². The Hall–Kier alpha value is -3.16. The van der Waals surface area contributed by atoms with Crippen molar-refractivity contribution < 1.29 is 0 Å². The molecule has 0 radical (unpaired) electrons. The molecule has 1 saturated heterocycles. The monoisotopic (exact) mass is 433 g/mol. The van der Waals surface area contributed by atoms with Gasteiger partial charge >= 0.3 is 0 Å². The fraction of sp³-hybridized carbons (Fsp3) is 0.261. The fourth-order valence-corrected chi connectivity index (χ4v) is 4.11. The molecule has 31 heavy (non-hydrogen) atoms. The highest BCUT2D eigenvalue weighted by Crippen LogP contribution is 2.33. The molecule has 158 valence electrons. The van der Waals surface area contributed by atoms with Crippen LogP contribution in [-0.4, -0.2) is 58.3 Å². The number of anilines is 3. The van der Waals surface area contributed by atoms with Crippen LogP contribution in [0.1, 0.15) is 5.56 Å². The second kappa shape index (κ2) is 8.17. The standard InChI is InChI=1S/C23H24ClN7/c1-15-20(26-22-17-8-4-6-10-19(17)28-29-22)25-21(16-7-3-5-9-18(16)24)27-23(15)31-13-11-30(2)12-14-31/h3-10H,11-14H2,1-2H3,(H2,25,26,27,28,29). The molecule has 0 aliphatic carbocycles. The smallest absolute Gasteiger partial charge is 0.165 e. The van der Waals surface area contributed by atoms with Gasteiger partial charge in [0.1, 0.15) is 11.6 Å². The first-order valence-electron chi connectivity index (χ1n) is 10.4. The molecule has 0 bridgehead atoms. The number of halogens is 1. The molecule has 1 aliphatic heterocycles. The summed E-state index contributed by atoms with van der Waals surface area (Å²) in [4.78, 5) is 14.5. The number of H-pyrrole nitrogens is 1. The number of rotatable bonds is 4. The maximum absolute atomic E-state index is 6.49. The Morgan fingerprint density at radius 2 is 1.68 bits per heavy atom. The van der Waals surface area contributed by atoms with Gasteiger partial charge in [0.2, 0.25) is 0 Å². The average molecular weight is 434 g/mol. The van der Waals surface area contributed by atoms with Crippen LogP contribution in [0, 0.1) is 6.92 Å². The van der Waals surface area contributed by atoms with Gasteiger partial charge in [-0.3, -0.25) is 5.10 Å². The highest BCUT2D eigenvalue weighted by Gasteiger charge is 2.22. The number of hydrogen-bond acceptors (Lipinski definition) is 6. The summed E-state index contributed by atoms with van der Waals surface area (Å²) in [7, 11) is 2.15. The molecule has 0 atom stereocenters. The third-order valence-corrected chi connectivity index (χ3v) is 6.07. The first kappa shape index (κ1) is 19.8. The van der Waals surface area contributed by atoms with Crippen LogP contribution >= 0.6 is 11.6 Å². The zero-order valence-electron chi connectivity index (χ0n) is 17.6. The lowest BCUT2D eigenvalue weighted by molar-refractivity contribution is 0.312. The van der Waals surface area contributed by atoms with Crippen molar-refractivity contribution in [3.05, 3.63) is 59.1 Å². The lowest BCUT2D eigenvalue weighted by Crippen LogP contribution is -2.45. The van der Waals surface area contributed by atoms with Gasteiger partial charge in [-0.25, -0.2) is 9.97 Å². The Morgan fingerprint density at radius 1 is 0.935 bits per heavy atom. The maximum Gasteiger partial charge on any atom is 0.165 e. The summed E-state index contributed by atoms with van der Waals surface area (Å²) < 4.78 is 0. The van der Waals surface area contributed by atoms with Gasteiger partial charge in [0.15, 0.2) is 11.6 Å². The highest BCUT2D eigenvalue weighted by atomic mass is 35.5. The van der Waals surface area contributed by atoms with Gasteiger partial charge in [0, 0.05) is 42.7 Å². The minimum Gasteiger partial charge on any atom is -0.354 e. The Bertz CT molecular complexity index is 1230. The van der Waals surface area contributed by atoms with E-state index in [4.69, 9.17) is 21.6 Å².